The molecule has 172 valence electrons. The lowest BCUT2D eigenvalue weighted by Gasteiger charge is -2.30. The van der Waals surface area contributed by atoms with Crippen molar-refractivity contribution in [2.45, 2.75) is 31.8 Å². The van der Waals surface area contributed by atoms with Gasteiger partial charge in [0.25, 0.3) is 0 Å². The minimum Gasteiger partial charge on any atom is -0.466 e. The van der Waals surface area contributed by atoms with Crippen LogP contribution in [0.4, 0.5) is 0 Å². The van der Waals surface area contributed by atoms with E-state index in [2.05, 4.69) is 22.3 Å². The number of piperidine rings is 1. The van der Waals surface area contributed by atoms with Gasteiger partial charge >= 0.3 is 5.97 Å². The molecule has 0 saturated carbocycles. The second kappa shape index (κ2) is 10.7. The second-order valence-corrected chi connectivity index (χ2v) is 8.98. The van der Waals surface area contributed by atoms with E-state index in [1.54, 1.807) is 0 Å². The summed E-state index contributed by atoms with van der Waals surface area (Å²) in [4.78, 5) is 26.6. The van der Waals surface area contributed by atoms with Gasteiger partial charge in [-0.05, 0) is 38.8 Å². The van der Waals surface area contributed by atoms with Crippen LogP contribution in [0.1, 0.15) is 25.3 Å². The standard InChI is InChI=1S/C25H28N4O3S/c1-3-32-24(31)20-13-15-28(16-14-20)22(30)17-33-25-27-26-23(19-11-9-18(2)10-12-19)29(25)21-7-5-4-6-8-21/h4-12,20H,3,13-17H2,1-2H3. The van der Waals surface area contributed by atoms with E-state index in [1.807, 2.05) is 65.8 Å². The molecule has 1 fully saturated rings. The van der Waals surface area contributed by atoms with Crippen molar-refractivity contribution in [1.29, 1.82) is 0 Å². The van der Waals surface area contributed by atoms with E-state index in [1.165, 1.54) is 17.3 Å². The van der Waals surface area contributed by atoms with Crippen LogP contribution in [-0.2, 0) is 14.3 Å². The van der Waals surface area contributed by atoms with Gasteiger partial charge in [0, 0.05) is 24.3 Å². The molecule has 0 aliphatic carbocycles. The molecule has 8 heteroatoms. The third-order valence-corrected chi connectivity index (χ3v) is 6.66. The summed E-state index contributed by atoms with van der Waals surface area (Å²) >= 11 is 1.38. The number of likely N-dealkylation sites (tertiary alicyclic amines) is 1. The van der Waals surface area contributed by atoms with Gasteiger partial charge in [0.15, 0.2) is 11.0 Å². The fraction of sp³-hybridized carbons (Fsp3) is 0.360. The van der Waals surface area contributed by atoms with Crippen LogP contribution in [0.2, 0.25) is 0 Å². The molecule has 2 heterocycles. The maximum Gasteiger partial charge on any atom is 0.309 e. The Balaban J connectivity index is 1.47. The minimum atomic E-state index is -0.154. The van der Waals surface area contributed by atoms with E-state index < -0.39 is 0 Å². The summed E-state index contributed by atoms with van der Waals surface area (Å²) in [6, 6.07) is 18.1. The molecule has 2 aromatic carbocycles. The van der Waals surface area contributed by atoms with Gasteiger partial charge in [-0.15, -0.1) is 10.2 Å². The first-order chi connectivity index (χ1) is 16.1. The zero-order valence-electron chi connectivity index (χ0n) is 18.9. The van der Waals surface area contributed by atoms with Crippen molar-refractivity contribution in [2.75, 3.05) is 25.4 Å². The van der Waals surface area contributed by atoms with E-state index in [-0.39, 0.29) is 23.5 Å². The highest BCUT2D eigenvalue weighted by Crippen LogP contribution is 2.29. The third kappa shape index (κ3) is 5.45. The average Bonchev–Trinajstić information content (AvgIpc) is 3.27. The number of ether oxygens (including phenoxy) is 1. The Kier molecular flexibility index (Phi) is 7.44. The first kappa shape index (κ1) is 23.0. The number of aromatic nitrogens is 3. The van der Waals surface area contributed by atoms with Gasteiger partial charge in [-0.1, -0.05) is 59.8 Å². The fourth-order valence-corrected chi connectivity index (χ4v) is 4.76. The van der Waals surface area contributed by atoms with E-state index in [9.17, 15) is 9.59 Å². The van der Waals surface area contributed by atoms with Crippen molar-refractivity contribution in [3.63, 3.8) is 0 Å². The normalized spacial score (nSPS) is 14.3. The predicted molar refractivity (Wildman–Crippen MR) is 128 cm³/mol. The molecule has 0 radical (unpaired) electrons. The molecule has 1 amide bonds. The Hall–Kier alpha value is -3.13. The average molecular weight is 465 g/mol. The number of para-hydroxylation sites is 1. The van der Waals surface area contributed by atoms with Crippen molar-refractivity contribution < 1.29 is 14.3 Å². The maximum atomic E-state index is 12.9. The number of rotatable bonds is 7. The smallest absolute Gasteiger partial charge is 0.309 e. The predicted octanol–water partition coefficient (Wildman–Crippen LogP) is 4.14. The maximum absolute atomic E-state index is 12.9. The molecule has 7 nitrogen and oxygen atoms in total. The highest BCUT2D eigenvalue weighted by molar-refractivity contribution is 7.99. The summed E-state index contributed by atoms with van der Waals surface area (Å²) in [5.41, 5.74) is 3.09. The number of amides is 1. The summed E-state index contributed by atoms with van der Waals surface area (Å²) in [6.07, 6.45) is 1.29. The van der Waals surface area contributed by atoms with Crippen LogP contribution in [0.15, 0.2) is 59.8 Å². The largest absolute Gasteiger partial charge is 0.466 e. The third-order valence-electron chi connectivity index (χ3n) is 5.75. The van der Waals surface area contributed by atoms with E-state index >= 15 is 0 Å². The Morgan fingerprint density at radius 1 is 1.03 bits per heavy atom. The van der Waals surface area contributed by atoms with Gasteiger partial charge < -0.3 is 9.64 Å². The summed E-state index contributed by atoms with van der Waals surface area (Å²) in [5.74, 6) is 0.787. The summed E-state index contributed by atoms with van der Waals surface area (Å²) < 4.78 is 7.11. The molecule has 1 aliphatic rings. The Labute approximate surface area is 198 Å². The summed E-state index contributed by atoms with van der Waals surface area (Å²) in [5, 5.41) is 9.53. The van der Waals surface area contributed by atoms with Crippen LogP contribution in [0.5, 0.6) is 0 Å². The number of thioether (sulfide) groups is 1. The van der Waals surface area contributed by atoms with Gasteiger partial charge in [0.2, 0.25) is 5.91 Å². The van der Waals surface area contributed by atoms with Crippen LogP contribution in [0.25, 0.3) is 17.1 Å². The molecule has 1 saturated heterocycles. The van der Waals surface area contributed by atoms with Crippen LogP contribution < -0.4 is 0 Å². The molecular formula is C25H28N4O3S. The van der Waals surface area contributed by atoms with Crippen molar-refractivity contribution in [2.24, 2.45) is 5.92 Å². The Morgan fingerprint density at radius 2 is 1.73 bits per heavy atom. The topological polar surface area (TPSA) is 77.3 Å². The number of hydrogen-bond donors (Lipinski definition) is 0. The molecule has 33 heavy (non-hydrogen) atoms. The molecule has 4 rings (SSSR count). The van der Waals surface area contributed by atoms with Crippen molar-refractivity contribution in [3.05, 3.63) is 60.2 Å². The van der Waals surface area contributed by atoms with Crippen LogP contribution in [-0.4, -0.2) is 57.0 Å². The van der Waals surface area contributed by atoms with Crippen LogP contribution >= 0.6 is 11.8 Å². The van der Waals surface area contributed by atoms with Crippen molar-refractivity contribution in [3.8, 4) is 17.1 Å². The quantitative estimate of drug-likeness (QED) is 0.386. The molecule has 0 atom stereocenters. The number of aryl methyl sites for hydroxylation is 1. The van der Waals surface area contributed by atoms with Gasteiger partial charge in [0.1, 0.15) is 0 Å². The van der Waals surface area contributed by atoms with Crippen molar-refractivity contribution >= 4 is 23.6 Å². The lowest BCUT2D eigenvalue weighted by molar-refractivity contribution is -0.151. The van der Waals surface area contributed by atoms with E-state index in [4.69, 9.17) is 4.74 Å². The lowest BCUT2D eigenvalue weighted by atomic mass is 9.97. The molecule has 0 unspecified atom stereocenters. The van der Waals surface area contributed by atoms with E-state index in [0.29, 0.717) is 37.7 Å². The lowest BCUT2D eigenvalue weighted by Crippen LogP contribution is -2.41. The zero-order valence-corrected chi connectivity index (χ0v) is 19.8. The number of esters is 1. The molecule has 1 aromatic heterocycles. The van der Waals surface area contributed by atoms with Gasteiger partial charge in [-0.25, -0.2) is 0 Å². The zero-order chi connectivity index (χ0) is 23.2. The Morgan fingerprint density at radius 3 is 2.39 bits per heavy atom. The SMILES string of the molecule is CCOC(=O)C1CCN(C(=O)CSc2nnc(-c3ccc(C)cc3)n2-c2ccccc2)CC1. The minimum absolute atomic E-state index is 0.0433. The molecule has 0 N–H and O–H groups in total. The molecule has 3 aromatic rings. The summed E-state index contributed by atoms with van der Waals surface area (Å²) in [6.45, 7) is 5.40. The highest BCUT2D eigenvalue weighted by atomic mass is 32.2. The molecule has 1 aliphatic heterocycles. The molecule has 0 spiro atoms. The van der Waals surface area contributed by atoms with Crippen molar-refractivity contribution in [1.82, 2.24) is 19.7 Å². The van der Waals surface area contributed by atoms with Gasteiger partial charge in [-0.2, -0.15) is 0 Å². The second-order valence-electron chi connectivity index (χ2n) is 8.04. The number of hydrogen-bond acceptors (Lipinski definition) is 6. The first-order valence-corrected chi connectivity index (χ1v) is 12.2. The fourth-order valence-electron chi connectivity index (χ4n) is 3.91. The number of carbonyl (C=O) groups excluding carboxylic acids is 2. The first-order valence-electron chi connectivity index (χ1n) is 11.2. The van der Waals surface area contributed by atoms with Gasteiger partial charge in [-0.3, -0.25) is 14.2 Å². The van der Waals surface area contributed by atoms with Crippen LogP contribution in [0, 0.1) is 12.8 Å². The molecular weight excluding hydrogens is 436 g/mol. The number of nitrogens with zero attached hydrogens (tertiary/aromatic N) is 4. The Bertz CT molecular complexity index is 1090. The highest BCUT2D eigenvalue weighted by Gasteiger charge is 2.28. The number of benzene rings is 2. The number of carbonyl (C=O) groups is 2. The van der Waals surface area contributed by atoms with Gasteiger partial charge in [0.05, 0.1) is 18.3 Å². The molecule has 0 bridgehead atoms. The van der Waals surface area contributed by atoms with Crippen LogP contribution in [0.3, 0.4) is 0 Å². The monoisotopic (exact) mass is 464 g/mol. The van der Waals surface area contributed by atoms with E-state index in [0.717, 1.165) is 17.1 Å². The summed E-state index contributed by atoms with van der Waals surface area (Å²) in [7, 11) is 0.